The molecule has 0 saturated heterocycles. The summed E-state index contributed by atoms with van der Waals surface area (Å²) >= 11 is 7.08. The average molecular weight is 336 g/mol. The highest BCUT2D eigenvalue weighted by Gasteiger charge is 2.15. The molecule has 2 heteroatoms. The van der Waals surface area contributed by atoms with Gasteiger partial charge in [-0.3, -0.25) is 0 Å². The summed E-state index contributed by atoms with van der Waals surface area (Å²) in [5.74, 6) is 0. The third-order valence-corrected chi connectivity index (χ3v) is 4.29. The Morgan fingerprint density at radius 3 is 1.80 bits per heavy atom. The van der Waals surface area contributed by atoms with Crippen LogP contribution >= 0.6 is 31.9 Å². The van der Waals surface area contributed by atoms with E-state index in [1.165, 1.54) is 11.1 Å². The van der Waals surface area contributed by atoms with E-state index in [1.807, 2.05) is 13.8 Å². The van der Waals surface area contributed by atoms with Gasteiger partial charge >= 0.3 is 0 Å². The Balaban J connectivity index is 0.000000921. The lowest BCUT2D eigenvalue weighted by molar-refractivity contribution is 0.589. The Kier molecular flexibility index (Phi) is 6.12. The monoisotopic (exact) mass is 334 g/mol. The van der Waals surface area contributed by atoms with E-state index in [0.717, 1.165) is 8.95 Å². The van der Waals surface area contributed by atoms with E-state index in [4.69, 9.17) is 0 Å². The maximum absolute atomic E-state index is 3.54. The maximum atomic E-state index is 3.54. The number of hydrogen-bond donors (Lipinski definition) is 0. The van der Waals surface area contributed by atoms with Crippen molar-refractivity contribution in [3.63, 3.8) is 0 Å². The van der Waals surface area contributed by atoms with Gasteiger partial charge in [-0.1, -0.05) is 40.7 Å². The van der Waals surface area contributed by atoms with Gasteiger partial charge in [-0.2, -0.15) is 0 Å². The van der Waals surface area contributed by atoms with E-state index in [2.05, 4.69) is 71.7 Å². The fraction of sp³-hybridized carbons (Fsp3) is 0.538. The molecule has 1 rings (SSSR count). The van der Waals surface area contributed by atoms with Crippen molar-refractivity contribution in [2.24, 2.45) is 0 Å². The highest BCUT2D eigenvalue weighted by molar-refractivity contribution is 9.13. The molecule has 15 heavy (non-hydrogen) atoms. The molecule has 0 atom stereocenters. The minimum Gasteiger partial charge on any atom is -0.0683 e. The van der Waals surface area contributed by atoms with Crippen LogP contribution in [0.3, 0.4) is 0 Å². The molecular formula is C13H20Br2. The Hall–Kier alpha value is 0.180. The standard InChI is InChI=1S/C11H14Br2.C2H6/c1-7-5-8(11(2,3)4)6-9(12)10(7)13;1-2/h5-6H,1-4H3;1-2H3. The molecule has 0 aliphatic carbocycles. The summed E-state index contributed by atoms with van der Waals surface area (Å²) in [5, 5.41) is 0. The predicted molar refractivity (Wildman–Crippen MR) is 76.6 cm³/mol. The Bertz CT molecular complexity index is 299. The van der Waals surface area contributed by atoms with Crippen LogP contribution in [0.1, 0.15) is 45.7 Å². The average Bonchev–Trinajstić information content (AvgIpc) is 2.15. The summed E-state index contributed by atoms with van der Waals surface area (Å²) in [7, 11) is 0. The van der Waals surface area contributed by atoms with Crippen molar-refractivity contribution in [3.8, 4) is 0 Å². The Labute approximate surface area is 111 Å². The third-order valence-electron chi connectivity index (χ3n) is 2.08. The third kappa shape index (κ3) is 4.28. The Morgan fingerprint density at radius 1 is 1.00 bits per heavy atom. The van der Waals surface area contributed by atoms with Crippen molar-refractivity contribution in [2.45, 2.75) is 47.0 Å². The quantitative estimate of drug-likeness (QED) is 0.558. The number of benzene rings is 1. The van der Waals surface area contributed by atoms with Gasteiger partial charge in [0.05, 0.1) is 0 Å². The summed E-state index contributed by atoms with van der Waals surface area (Å²) in [6.07, 6.45) is 0. The van der Waals surface area contributed by atoms with E-state index in [-0.39, 0.29) is 5.41 Å². The van der Waals surface area contributed by atoms with Crippen LogP contribution in [0, 0.1) is 6.92 Å². The maximum Gasteiger partial charge on any atom is 0.0346 e. The number of aryl methyl sites for hydroxylation is 1. The van der Waals surface area contributed by atoms with Crippen LogP contribution in [-0.2, 0) is 5.41 Å². The van der Waals surface area contributed by atoms with E-state index in [1.54, 1.807) is 0 Å². The number of hydrogen-bond acceptors (Lipinski definition) is 0. The van der Waals surface area contributed by atoms with Gasteiger partial charge < -0.3 is 0 Å². The molecule has 0 radical (unpaired) electrons. The van der Waals surface area contributed by atoms with Crippen LogP contribution in [0.2, 0.25) is 0 Å². The normalized spacial score (nSPS) is 10.7. The first kappa shape index (κ1) is 15.2. The van der Waals surface area contributed by atoms with Gasteiger partial charge in [-0.15, -0.1) is 0 Å². The van der Waals surface area contributed by atoms with Crippen LogP contribution in [-0.4, -0.2) is 0 Å². The first-order chi connectivity index (χ1) is 6.82. The minimum atomic E-state index is 0.216. The van der Waals surface area contributed by atoms with Crippen LogP contribution in [0.5, 0.6) is 0 Å². The van der Waals surface area contributed by atoms with Crippen molar-refractivity contribution in [2.75, 3.05) is 0 Å². The summed E-state index contributed by atoms with van der Waals surface area (Å²) in [4.78, 5) is 0. The summed E-state index contributed by atoms with van der Waals surface area (Å²) < 4.78 is 2.29. The van der Waals surface area contributed by atoms with Gasteiger partial charge in [0.15, 0.2) is 0 Å². The van der Waals surface area contributed by atoms with Crippen molar-refractivity contribution < 1.29 is 0 Å². The molecule has 0 heterocycles. The van der Waals surface area contributed by atoms with E-state index in [0.29, 0.717) is 0 Å². The molecule has 0 N–H and O–H groups in total. The molecule has 0 fully saturated rings. The van der Waals surface area contributed by atoms with Crippen molar-refractivity contribution in [1.29, 1.82) is 0 Å². The molecule has 0 amide bonds. The number of halogens is 2. The zero-order valence-electron chi connectivity index (χ0n) is 10.4. The second-order valence-electron chi connectivity index (χ2n) is 4.34. The first-order valence-corrected chi connectivity index (χ1v) is 6.87. The molecule has 0 spiro atoms. The summed E-state index contributed by atoms with van der Waals surface area (Å²) in [6.45, 7) is 12.8. The SMILES string of the molecule is CC.Cc1cc(C(C)(C)C)cc(Br)c1Br. The molecule has 0 aromatic heterocycles. The molecule has 0 nitrogen and oxygen atoms in total. The summed E-state index contributed by atoms with van der Waals surface area (Å²) in [6, 6.07) is 4.41. The molecule has 0 aliphatic heterocycles. The van der Waals surface area contributed by atoms with Crippen LogP contribution in [0.15, 0.2) is 21.1 Å². The Morgan fingerprint density at radius 2 is 1.47 bits per heavy atom. The lowest BCUT2D eigenvalue weighted by atomic mass is 9.86. The largest absolute Gasteiger partial charge is 0.0683 e. The smallest absolute Gasteiger partial charge is 0.0346 e. The van der Waals surface area contributed by atoms with Crippen LogP contribution < -0.4 is 0 Å². The predicted octanol–water partition coefficient (Wildman–Crippen LogP) is 5.84. The van der Waals surface area contributed by atoms with Crippen molar-refractivity contribution >= 4 is 31.9 Å². The van der Waals surface area contributed by atoms with E-state index >= 15 is 0 Å². The van der Waals surface area contributed by atoms with Gasteiger partial charge in [0.1, 0.15) is 0 Å². The zero-order chi connectivity index (χ0) is 12.2. The van der Waals surface area contributed by atoms with Crippen molar-refractivity contribution in [1.82, 2.24) is 0 Å². The highest BCUT2D eigenvalue weighted by Crippen LogP contribution is 2.32. The van der Waals surface area contributed by atoms with E-state index < -0.39 is 0 Å². The zero-order valence-corrected chi connectivity index (χ0v) is 13.6. The first-order valence-electron chi connectivity index (χ1n) is 5.28. The van der Waals surface area contributed by atoms with Gasteiger partial charge in [0.2, 0.25) is 0 Å². The minimum absolute atomic E-state index is 0.216. The molecule has 1 aromatic carbocycles. The second-order valence-corrected chi connectivity index (χ2v) is 5.99. The summed E-state index contributed by atoms with van der Waals surface area (Å²) in [5.41, 5.74) is 2.85. The molecule has 0 unspecified atom stereocenters. The lowest BCUT2D eigenvalue weighted by Crippen LogP contribution is -2.11. The second kappa shape index (κ2) is 6.05. The molecular weight excluding hydrogens is 316 g/mol. The molecule has 1 aromatic rings. The fourth-order valence-electron chi connectivity index (χ4n) is 1.16. The van der Waals surface area contributed by atoms with E-state index in [9.17, 15) is 0 Å². The van der Waals surface area contributed by atoms with Gasteiger partial charge in [0, 0.05) is 8.95 Å². The molecule has 0 aliphatic rings. The highest BCUT2D eigenvalue weighted by atomic mass is 79.9. The lowest BCUT2D eigenvalue weighted by Gasteiger charge is -2.20. The van der Waals surface area contributed by atoms with Gasteiger partial charge in [0.25, 0.3) is 0 Å². The van der Waals surface area contributed by atoms with Crippen LogP contribution in [0.4, 0.5) is 0 Å². The molecule has 86 valence electrons. The van der Waals surface area contributed by atoms with Crippen molar-refractivity contribution in [3.05, 3.63) is 32.2 Å². The topological polar surface area (TPSA) is 0 Å². The molecule has 0 bridgehead atoms. The fourth-order valence-corrected chi connectivity index (χ4v) is 1.95. The van der Waals surface area contributed by atoms with Crippen LogP contribution in [0.25, 0.3) is 0 Å². The number of rotatable bonds is 0. The molecule has 0 saturated carbocycles. The van der Waals surface area contributed by atoms with Gasteiger partial charge in [-0.05, 0) is 61.4 Å². The van der Waals surface area contributed by atoms with Gasteiger partial charge in [-0.25, -0.2) is 0 Å².